The molecule has 2 nitrogen and oxygen atoms in total. The molecule has 2 rings (SSSR count). The van der Waals surface area contributed by atoms with Crippen LogP contribution in [0.5, 0.6) is 0 Å². The Balaban J connectivity index is 2.15. The minimum atomic E-state index is -0.307. The van der Waals surface area contributed by atoms with Gasteiger partial charge in [-0.1, -0.05) is 6.42 Å². The molecular weight excluding hydrogens is 205 g/mol. The fraction of sp³-hybridized carbons (Fsp3) is 0.462. The molecule has 1 aromatic rings. The van der Waals surface area contributed by atoms with Crippen molar-refractivity contribution in [3.05, 3.63) is 35.6 Å². The second-order valence-electron chi connectivity index (χ2n) is 4.40. The van der Waals surface area contributed by atoms with E-state index >= 15 is 0 Å². The predicted molar refractivity (Wildman–Crippen MR) is 60.6 cm³/mol. The van der Waals surface area contributed by atoms with Crippen LogP contribution in [0, 0.1) is 17.7 Å². The average Bonchev–Trinajstić information content (AvgIpc) is 2.77. The first-order valence-electron chi connectivity index (χ1n) is 5.72. The van der Waals surface area contributed by atoms with E-state index in [4.69, 9.17) is 5.73 Å². The van der Waals surface area contributed by atoms with Crippen LogP contribution in [0.4, 0.5) is 4.39 Å². The first kappa shape index (κ1) is 11.3. The maximum Gasteiger partial charge on any atom is 0.166 e. The molecule has 16 heavy (non-hydrogen) atoms. The molecule has 3 heteroatoms. The van der Waals surface area contributed by atoms with Gasteiger partial charge in [0.1, 0.15) is 5.82 Å². The number of carbonyl (C=O) groups is 1. The van der Waals surface area contributed by atoms with Crippen LogP contribution in [0.15, 0.2) is 24.3 Å². The van der Waals surface area contributed by atoms with Crippen LogP contribution in [0.2, 0.25) is 0 Å². The molecule has 0 aliphatic heterocycles. The Kier molecular flexibility index (Phi) is 3.34. The van der Waals surface area contributed by atoms with Gasteiger partial charge in [0.05, 0.1) is 0 Å². The van der Waals surface area contributed by atoms with Crippen LogP contribution in [0.25, 0.3) is 0 Å². The van der Waals surface area contributed by atoms with E-state index in [1.165, 1.54) is 12.1 Å². The van der Waals surface area contributed by atoms with E-state index in [0.717, 1.165) is 19.3 Å². The lowest BCUT2D eigenvalue weighted by molar-refractivity contribution is 0.0893. The fourth-order valence-corrected chi connectivity index (χ4v) is 2.49. The molecule has 1 aliphatic carbocycles. The van der Waals surface area contributed by atoms with Crippen molar-refractivity contribution in [1.29, 1.82) is 0 Å². The number of halogens is 1. The Morgan fingerprint density at radius 1 is 1.31 bits per heavy atom. The van der Waals surface area contributed by atoms with Gasteiger partial charge < -0.3 is 5.73 Å². The average molecular weight is 221 g/mol. The van der Waals surface area contributed by atoms with Crippen molar-refractivity contribution in [3.8, 4) is 0 Å². The molecule has 0 spiro atoms. The number of benzene rings is 1. The molecule has 1 saturated carbocycles. The number of carbonyl (C=O) groups excluding carboxylic acids is 1. The van der Waals surface area contributed by atoms with E-state index in [1.807, 2.05) is 0 Å². The zero-order valence-corrected chi connectivity index (χ0v) is 9.16. The maximum atomic E-state index is 12.7. The van der Waals surface area contributed by atoms with Gasteiger partial charge in [-0.15, -0.1) is 0 Å². The highest BCUT2D eigenvalue weighted by Gasteiger charge is 2.32. The van der Waals surface area contributed by atoms with Crippen LogP contribution >= 0.6 is 0 Å². The van der Waals surface area contributed by atoms with Crippen molar-refractivity contribution in [2.24, 2.45) is 17.6 Å². The molecule has 86 valence electrons. The fourth-order valence-electron chi connectivity index (χ4n) is 2.49. The largest absolute Gasteiger partial charge is 0.330 e. The summed E-state index contributed by atoms with van der Waals surface area (Å²) in [6.07, 6.45) is 3.02. The Bertz CT molecular complexity index is 374. The molecule has 0 bridgehead atoms. The Morgan fingerprint density at radius 2 is 2.00 bits per heavy atom. The van der Waals surface area contributed by atoms with Crippen LogP contribution in [0.1, 0.15) is 29.6 Å². The van der Waals surface area contributed by atoms with E-state index in [0.29, 0.717) is 18.0 Å². The van der Waals surface area contributed by atoms with Crippen LogP contribution in [-0.4, -0.2) is 12.3 Å². The molecule has 0 saturated heterocycles. The molecule has 2 atom stereocenters. The minimum Gasteiger partial charge on any atom is -0.330 e. The molecule has 0 aromatic heterocycles. The van der Waals surface area contributed by atoms with Gasteiger partial charge in [0, 0.05) is 11.5 Å². The van der Waals surface area contributed by atoms with Crippen molar-refractivity contribution in [3.63, 3.8) is 0 Å². The summed E-state index contributed by atoms with van der Waals surface area (Å²) in [5, 5.41) is 0. The summed E-state index contributed by atoms with van der Waals surface area (Å²) in [6, 6.07) is 5.78. The predicted octanol–water partition coefficient (Wildman–Crippen LogP) is 2.38. The summed E-state index contributed by atoms with van der Waals surface area (Å²) < 4.78 is 12.7. The van der Waals surface area contributed by atoms with Gasteiger partial charge in [0.2, 0.25) is 0 Å². The number of nitrogens with two attached hydrogens (primary N) is 1. The number of hydrogen-bond acceptors (Lipinski definition) is 2. The standard InChI is InChI=1S/C13H16FNO/c14-11-6-4-9(5-7-11)13(16)12-3-1-2-10(12)8-15/h4-7,10,12H,1-3,8,15H2. The quantitative estimate of drug-likeness (QED) is 0.796. The van der Waals surface area contributed by atoms with Gasteiger partial charge in [-0.25, -0.2) is 4.39 Å². The van der Waals surface area contributed by atoms with Gasteiger partial charge in [0.15, 0.2) is 5.78 Å². The molecule has 1 aromatic carbocycles. The molecule has 0 heterocycles. The number of hydrogen-bond donors (Lipinski definition) is 1. The molecule has 2 N–H and O–H groups in total. The minimum absolute atomic E-state index is 0.0375. The summed E-state index contributed by atoms with van der Waals surface area (Å²) >= 11 is 0. The van der Waals surface area contributed by atoms with Crippen LogP contribution in [0.3, 0.4) is 0 Å². The third-order valence-electron chi connectivity index (χ3n) is 3.43. The SMILES string of the molecule is NCC1CCCC1C(=O)c1ccc(F)cc1. The summed E-state index contributed by atoms with van der Waals surface area (Å²) in [4.78, 5) is 12.1. The third kappa shape index (κ3) is 2.14. The monoisotopic (exact) mass is 221 g/mol. The van der Waals surface area contributed by atoms with Crippen LogP contribution < -0.4 is 5.73 Å². The molecule has 0 radical (unpaired) electrons. The Hall–Kier alpha value is -1.22. The second kappa shape index (κ2) is 4.74. The van der Waals surface area contributed by atoms with E-state index < -0.39 is 0 Å². The first-order chi connectivity index (χ1) is 7.72. The molecule has 1 aliphatic rings. The Labute approximate surface area is 94.6 Å². The topological polar surface area (TPSA) is 43.1 Å². The lowest BCUT2D eigenvalue weighted by Gasteiger charge is -2.16. The summed E-state index contributed by atoms with van der Waals surface area (Å²) in [5.41, 5.74) is 6.26. The van der Waals surface area contributed by atoms with E-state index in [9.17, 15) is 9.18 Å². The van der Waals surface area contributed by atoms with Crippen molar-refractivity contribution >= 4 is 5.78 Å². The first-order valence-corrected chi connectivity index (χ1v) is 5.72. The second-order valence-corrected chi connectivity index (χ2v) is 4.40. The van der Waals surface area contributed by atoms with E-state index in [-0.39, 0.29) is 17.5 Å². The highest BCUT2D eigenvalue weighted by Crippen LogP contribution is 2.33. The maximum absolute atomic E-state index is 12.7. The van der Waals surface area contributed by atoms with Crippen LogP contribution in [-0.2, 0) is 0 Å². The van der Waals surface area contributed by atoms with Crippen molar-refractivity contribution in [1.82, 2.24) is 0 Å². The normalized spacial score (nSPS) is 24.6. The Morgan fingerprint density at radius 3 is 2.62 bits per heavy atom. The highest BCUT2D eigenvalue weighted by atomic mass is 19.1. The molecule has 1 fully saturated rings. The van der Waals surface area contributed by atoms with Gasteiger partial charge in [-0.3, -0.25) is 4.79 Å². The van der Waals surface area contributed by atoms with E-state index in [1.54, 1.807) is 12.1 Å². The number of ketones is 1. The van der Waals surface area contributed by atoms with Gasteiger partial charge in [-0.2, -0.15) is 0 Å². The smallest absolute Gasteiger partial charge is 0.166 e. The third-order valence-corrected chi connectivity index (χ3v) is 3.43. The molecular formula is C13H16FNO. The van der Waals surface area contributed by atoms with Gasteiger partial charge in [0.25, 0.3) is 0 Å². The number of rotatable bonds is 3. The van der Waals surface area contributed by atoms with Crippen molar-refractivity contribution < 1.29 is 9.18 Å². The molecule has 2 unspecified atom stereocenters. The van der Waals surface area contributed by atoms with Crippen molar-refractivity contribution in [2.75, 3.05) is 6.54 Å². The van der Waals surface area contributed by atoms with E-state index in [2.05, 4.69) is 0 Å². The zero-order chi connectivity index (χ0) is 11.5. The summed E-state index contributed by atoms with van der Waals surface area (Å²) in [6.45, 7) is 0.567. The lowest BCUT2D eigenvalue weighted by atomic mass is 9.88. The van der Waals surface area contributed by atoms with Crippen molar-refractivity contribution in [2.45, 2.75) is 19.3 Å². The van der Waals surface area contributed by atoms with Gasteiger partial charge in [-0.05, 0) is 49.6 Å². The lowest BCUT2D eigenvalue weighted by Crippen LogP contribution is -2.25. The summed E-state index contributed by atoms with van der Waals surface area (Å²) in [7, 11) is 0. The zero-order valence-electron chi connectivity index (χ0n) is 9.16. The molecule has 0 amide bonds. The summed E-state index contributed by atoms with van der Waals surface area (Å²) in [5.74, 6) is 0.152. The highest BCUT2D eigenvalue weighted by molar-refractivity contribution is 5.98. The number of Topliss-reactive ketones (excluding diaryl/α,β-unsaturated/α-hetero) is 1. The van der Waals surface area contributed by atoms with Gasteiger partial charge >= 0.3 is 0 Å².